The third kappa shape index (κ3) is 5.19. The minimum absolute atomic E-state index is 0.0604. The Morgan fingerprint density at radius 1 is 1.03 bits per heavy atom. The van der Waals surface area contributed by atoms with Crippen LogP contribution in [0.15, 0.2) is 73.2 Å². The Morgan fingerprint density at radius 3 is 2.35 bits per heavy atom. The zero-order chi connectivity index (χ0) is 21.6. The van der Waals surface area contributed by atoms with Crippen LogP contribution in [-0.4, -0.2) is 50.6 Å². The number of hydrogen-bond donors (Lipinski definition) is 2. The minimum atomic E-state index is -0.986. The Hall–Kier alpha value is -3.87. The monoisotopic (exact) mass is 416 g/mol. The summed E-state index contributed by atoms with van der Waals surface area (Å²) in [5.74, 6) is -0.177. The molecule has 0 spiro atoms. The molecule has 0 unspecified atom stereocenters. The van der Waals surface area contributed by atoms with Crippen molar-refractivity contribution in [1.29, 1.82) is 0 Å². The number of rotatable bonds is 6. The number of benzene rings is 1. The quantitative estimate of drug-likeness (QED) is 0.599. The number of carbonyl (C=O) groups is 2. The summed E-state index contributed by atoms with van der Waals surface area (Å²) in [6, 6.07) is 15.5. The molecule has 0 radical (unpaired) electrons. The van der Waals surface area contributed by atoms with Gasteiger partial charge in [0.05, 0.1) is 0 Å². The average molecular weight is 416 g/mol. The first kappa shape index (κ1) is 20.4. The van der Waals surface area contributed by atoms with Gasteiger partial charge < -0.3 is 19.9 Å². The maximum absolute atomic E-state index is 12.8. The fourth-order valence-electron chi connectivity index (χ4n) is 3.66. The maximum atomic E-state index is 12.8. The van der Waals surface area contributed by atoms with Gasteiger partial charge in [0.1, 0.15) is 5.82 Å². The van der Waals surface area contributed by atoms with Crippen molar-refractivity contribution >= 4 is 23.8 Å². The number of carboxylic acid groups (broad SMARTS) is 1. The lowest BCUT2D eigenvalue weighted by Gasteiger charge is -2.32. The van der Waals surface area contributed by atoms with Gasteiger partial charge in [-0.2, -0.15) is 0 Å². The van der Waals surface area contributed by atoms with Gasteiger partial charge in [0, 0.05) is 55.0 Å². The maximum Gasteiger partial charge on any atom is 0.328 e. The third-order valence-electron chi connectivity index (χ3n) is 5.36. The van der Waals surface area contributed by atoms with Gasteiger partial charge in [0.2, 0.25) is 0 Å². The van der Waals surface area contributed by atoms with Crippen LogP contribution in [0, 0.1) is 0 Å². The van der Waals surface area contributed by atoms with Crippen molar-refractivity contribution in [3.05, 3.63) is 84.3 Å². The summed E-state index contributed by atoms with van der Waals surface area (Å²) in [6.45, 7) is 1.38. The SMILES string of the molecule is O=C(O)/C=C/c1ccc(NC2CCN(C(=O)c3ccc(-n4cccc4)cc3)CC2)nc1. The molecule has 2 N–H and O–H groups in total. The molecule has 1 aliphatic rings. The first-order valence-corrected chi connectivity index (χ1v) is 10.2. The topological polar surface area (TPSA) is 87.5 Å². The number of nitrogens with zero attached hydrogens (tertiary/aromatic N) is 3. The number of carboxylic acids is 1. The predicted octanol–water partition coefficient (Wildman–Crippen LogP) is 3.69. The number of anilines is 1. The zero-order valence-electron chi connectivity index (χ0n) is 17.0. The van der Waals surface area contributed by atoms with E-state index in [1.165, 1.54) is 6.08 Å². The summed E-state index contributed by atoms with van der Waals surface area (Å²) < 4.78 is 2.01. The van der Waals surface area contributed by atoms with E-state index in [4.69, 9.17) is 5.11 Å². The fourth-order valence-corrected chi connectivity index (χ4v) is 3.66. The van der Waals surface area contributed by atoms with E-state index >= 15 is 0 Å². The first-order valence-electron chi connectivity index (χ1n) is 10.2. The summed E-state index contributed by atoms with van der Waals surface area (Å²) in [5, 5.41) is 12.1. The number of pyridine rings is 1. The van der Waals surface area contributed by atoms with Crippen molar-refractivity contribution in [3.63, 3.8) is 0 Å². The van der Waals surface area contributed by atoms with Gasteiger partial charge >= 0.3 is 5.97 Å². The lowest BCUT2D eigenvalue weighted by Crippen LogP contribution is -2.42. The van der Waals surface area contributed by atoms with Crippen LogP contribution < -0.4 is 5.32 Å². The smallest absolute Gasteiger partial charge is 0.328 e. The molecule has 1 fully saturated rings. The van der Waals surface area contributed by atoms with Gasteiger partial charge in [-0.3, -0.25) is 4.79 Å². The second-order valence-electron chi connectivity index (χ2n) is 7.50. The molecular formula is C24H24N4O3. The van der Waals surface area contributed by atoms with Crippen LogP contribution in [0.3, 0.4) is 0 Å². The van der Waals surface area contributed by atoms with Crippen LogP contribution >= 0.6 is 0 Å². The highest BCUT2D eigenvalue weighted by Gasteiger charge is 2.23. The lowest BCUT2D eigenvalue weighted by atomic mass is 10.0. The van der Waals surface area contributed by atoms with E-state index in [0.717, 1.165) is 36.0 Å². The number of aromatic nitrogens is 2. The number of nitrogens with one attached hydrogen (secondary N) is 1. The molecule has 1 aromatic carbocycles. The van der Waals surface area contributed by atoms with Gasteiger partial charge in [0.25, 0.3) is 5.91 Å². The van der Waals surface area contributed by atoms with E-state index in [0.29, 0.717) is 18.7 Å². The molecule has 0 atom stereocenters. The first-order chi connectivity index (χ1) is 15.1. The largest absolute Gasteiger partial charge is 0.478 e. The van der Waals surface area contributed by atoms with E-state index in [1.54, 1.807) is 6.20 Å². The summed E-state index contributed by atoms with van der Waals surface area (Å²) in [6.07, 6.45) is 9.87. The molecule has 4 rings (SSSR count). The van der Waals surface area contributed by atoms with Crippen molar-refractivity contribution in [1.82, 2.24) is 14.5 Å². The number of hydrogen-bond acceptors (Lipinski definition) is 4. The molecule has 0 bridgehead atoms. The number of piperidine rings is 1. The van der Waals surface area contributed by atoms with Crippen LogP contribution in [0.5, 0.6) is 0 Å². The minimum Gasteiger partial charge on any atom is -0.478 e. The number of likely N-dealkylation sites (tertiary alicyclic amines) is 1. The summed E-state index contributed by atoms with van der Waals surface area (Å²) in [5.41, 5.74) is 2.46. The zero-order valence-corrected chi connectivity index (χ0v) is 17.0. The average Bonchev–Trinajstić information content (AvgIpc) is 3.34. The van der Waals surface area contributed by atoms with E-state index < -0.39 is 5.97 Å². The van der Waals surface area contributed by atoms with Crippen molar-refractivity contribution in [2.75, 3.05) is 18.4 Å². The van der Waals surface area contributed by atoms with Gasteiger partial charge in [0.15, 0.2) is 0 Å². The fraction of sp³-hybridized carbons (Fsp3) is 0.208. The Labute approximate surface area is 180 Å². The van der Waals surface area contributed by atoms with Gasteiger partial charge in [-0.05, 0) is 73.0 Å². The van der Waals surface area contributed by atoms with Crippen molar-refractivity contribution in [3.8, 4) is 5.69 Å². The van der Waals surface area contributed by atoms with Crippen LogP contribution in [0.1, 0.15) is 28.8 Å². The highest BCUT2D eigenvalue weighted by molar-refractivity contribution is 5.94. The van der Waals surface area contributed by atoms with Gasteiger partial charge in [-0.15, -0.1) is 0 Å². The summed E-state index contributed by atoms with van der Waals surface area (Å²) in [4.78, 5) is 29.7. The molecule has 0 aliphatic carbocycles. The second-order valence-corrected chi connectivity index (χ2v) is 7.50. The molecular weight excluding hydrogens is 392 g/mol. The highest BCUT2D eigenvalue weighted by Crippen LogP contribution is 2.19. The molecule has 3 aromatic rings. The lowest BCUT2D eigenvalue weighted by molar-refractivity contribution is -0.131. The molecule has 3 heterocycles. The summed E-state index contributed by atoms with van der Waals surface area (Å²) >= 11 is 0. The Kier molecular flexibility index (Phi) is 6.12. The highest BCUT2D eigenvalue weighted by atomic mass is 16.4. The predicted molar refractivity (Wildman–Crippen MR) is 119 cm³/mol. The third-order valence-corrected chi connectivity index (χ3v) is 5.36. The summed E-state index contributed by atoms with van der Waals surface area (Å²) in [7, 11) is 0. The molecule has 7 heteroatoms. The van der Waals surface area contributed by atoms with Crippen molar-refractivity contribution < 1.29 is 14.7 Å². The molecule has 31 heavy (non-hydrogen) atoms. The Morgan fingerprint density at radius 2 is 1.74 bits per heavy atom. The van der Waals surface area contributed by atoms with E-state index in [2.05, 4.69) is 10.3 Å². The van der Waals surface area contributed by atoms with E-state index in [1.807, 2.05) is 70.4 Å². The van der Waals surface area contributed by atoms with Gasteiger partial charge in [-0.25, -0.2) is 9.78 Å². The standard InChI is InChI=1S/C24H24N4O3/c29-23(30)10-4-18-3-9-22(25-17-18)26-20-11-15-28(16-12-20)24(31)19-5-7-21(8-6-19)27-13-1-2-14-27/h1-10,13-14,17,20H,11-12,15-16H2,(H,25,26)(H,29,30)/b10-4+. The normalized spacial score (nSPS) is 14.6. The molecule has 2 aromatic heterocycles. The van der Waals surface area contributed by atoms with Crippen LogP contribution in [0.25, 0.3) is 11.8 Å². The van der Waals surface area contributed by atoms with E-state index in [9.17, 15) is 9.59 Å². The molecule has 1 aliphatic heterocycles. The van der Waals surface area contributed by atoms with E-state index in [-0.39, 0.29) is 11.9 Å². The molecule has 1 amide bonds. The van der Waals surface area contributed by atoms with Crippen LogP contribution in [0.4, 0.5) is 5.82 Å². The van der Waals surface area contributed by atoms with Gasteiger partial charge in [-0.1, -0.05) is 0 Å². The number of aliphatic carboxylic acids is 1. The molecule has 158 valence electrons. The Bertz CT molecular complexity index is 1050. The molecule has 1 saturated heterocycles. The molecule has 7 nitrogen and oxygen atoms in total. The van der Waals surface area contributed by atoms with Crippen LogP contribution in [0.2, 0.25) is 0 Å². The van der Waals surface area contributed by atoms with Crippen molar-refractivity contribution in [2.24, 2.45) is 0 Å². The second kappa shape index (κ2) is 9.30. The number of amides is 1. The molecule has 0 saturated carbocycles. The van der Waals surface area contributed by atoms with Crippen LogP contribution in [-0.2, 0) is 4.79 Å². The Balaban J connectivity index is 1.29. The van der Waals surface area contributed by atoms with Crippen molar-refractivity contribution in [2.45, 2.75) is 18.9 Å². The number of carbonyl (C=O) groups excluding carboxylic acids is 1.